The van der Waals surface area contributed by atoms with Crippen molar-refractivity contribution in [2.24, 2.45) is 17.8 Å². The SMILES string of the molecule is Cc1cc(C)c(CN2CC3(CC3)c3c(Cl)c4c(c(C)c3C2=O)O[C@@](C)(C2CC3C(C2)C3N(C)C)O4)c(=O)[nH]1. The van der Waals surface area contributed by atoms with Gasteiger partial charge < -0.3 is 24.3 Å². The van der Waals surface area contributed by atoms with E-state index in [1.54, 1.807) is 0 Å². The lowest BCUT2D eigenvalue weighted by Crippen LogP contribution is -2.44. The van der Waals surface area contributed by atoms with Crippen LogP contribution in [-0.2, 0) is 12.0 Å². The minimum absolute atomic E-state index is 0.0905. The maximum absolute atomic E-state index is 14.0. The number of nitrogens with zero attached hydrogens (tertiary/aromatic N) is 2. The van der Waals surface area contributed by atoms with Crippen molar-refractivity contribution < 1.29 is 14.3 Å². The summed E-state index contributed by atoms with van der Waals surface area (Å²) in [5.41, 5.74) is 4.38. The van der Waals surface area contributed by atoms with E-state index in [-0.39, 0.29) is 29.3 Å². The fourth-order valence-electron chi connectivity index (χ4n) is 8.00. The molecular weight excluding hydrogens is 502 g/mol. The van der Waals surface area contributed by atoms with E-state index in [2.05, 4.69) is 24.0 Å². The Hall–Kier alpha value is -2.51. The van der Waals surface area contributed by atoms with Crippen molar-refractivity contribution >= 4 is 17.5 Å². The third-order valence-corrected chi connectivity index (χ3v) is 10.5. The van der Waals surface area contributed by atoms with Crippen LogP contribution < -0.4 is 15.0 Å². The molecule has 202 valence electrons. The first-order valence-electron chi connectivity index (χ1n) is 13.8. The number of nitrogens with one attached hydrogen (secondary N) is 1. The summed E-state index contributed by atoms with van der Waals surface area (Å²) in [4.78, 5) is 33.8. The molecule has 3 heterocycles. The molecule has 1 aromatic heterocycles. The second-order valence-electron chi connectivity index (χ2n) is 12.9. The van der Waals surface area contributed by atoms with E-state index < -0.39 is 5.79 Å². The van der Waals surface area contributed by atoms with E-state index in [9.17, 15) is 9.59 Å². The Labute approximate surface area is 228 Å². The summed E-state index contributed by atoms with van der Waals surface area (Å²) >= 11 is 7.11. The van der Waals surface area contributed by atoms with Crippen LogP contribution in [0, 0.1) is 38.5 Å². The van der Waals surface area contributed by atoms with Gasteiger partial charge in [-0.1, -0.05) is 11.6 Å². The number of fused-ring (bicyclic) bond motifs is 4. The van der Waals surface area contributed by atoms with E-state index >= 15 is 0 Å². The lowest BCUT2D eigenvalue weighted by Gasteiger charge is -2.36. The average molecular weight is 538 g/mol. The molecule has 1 aromatic carbocycles. The van der Waals surface area contributed by atoms with Gasteiger partial charge in [0, 0.05) is 47.7 Å². The highest BCUT2D eigenvalue weighted by molar-refractivity contribution is 6.34. The van der Waals surface area contributed by atoms with Crippen molar-refractivity contribution in [3.05, 3.63) is 55.0 Å². The maximum atomic E-state index is 14.0. The molecule has 2 unspecified atom stereocenters. The number of hydrogen-bond donors (Lipinski definition) is 1. The number of aryl methyl sites for hydroxylation is 2. The van der Waals surface area contributed by atoms with Crippen molar-refractivity contribution in [1.29, 1.82) is 0 Å². The minimum Gasteiger partial charge on any atom is -0.448 e. The standard InChI is InChI=1S/C30H36ClN3O4/c1-14-9-15(2)32-27(35)20(14)12-34-13-30(7-8-30)22-21(28(34)36)16(3)25-26(23(22)31)38-29(4,37-25)17-10-18-19(11-17)24(18)33(5)6/h9,17-19,24H,7-8,10-13H2,1-6H3,(H,32,35)/t17?,18?,19?,24?,29-/m1/s1. The highest BCUT2D eigenvalue weighted by Crippen LogP contribution is 2.64. The van der Waals surface area contributed by atoms with E-state index in [1.807, 2.05) is 38.7 Å². The van der Waals surface area contributed by atoms with Crippen LogP contribution >= 0.6 is 11.6 Å². The smallest absolute Gasteiger partial charge is 0.254 e. The summed E-state index contributed by atoms with van der Waals surface area (Å²) in [7, 11) is 4.33. The van der Waals surface area contributed by atoms with Gasteiger partial charge in [-0.25, -0.2) is 0 Å². The predicted molar refractivity (Wildman–Crippen MR) is 145 cm³/mol. The molecule has 0 radical (unpaired) electrons. The topological polar surface area (TPSA) is 74.9 Å². The maximum Gasteiger partial charge on any atom is 0.254 e. The van der Waals surface area contributed by atoms with Gasteiger partial charge in [0.2, 0.25) is 0 Å². The molecule has 3 fully saturated rings. The van der Waals surface area contributed by atoms with Gasteiger partial charge in [-0.2, -0.15) is 0 Å². The largest absolute Gasteiger partial charge is 0.448 e. The van der Waals surface area contributed by atoms with Crippen LogP contribution in [0.15, 0.2) is 10.9 Å². The van der Waals surface area contributed by atoms with E-state index in [4.69, 9.17) is 21.1 Å². The fraction of sp³-hybridized carbons (Fsp3) is 0.600. The number of rotatable bonds is 4. The summed E-state index contributed by atoms with van der Waals surface area (Å²) in [5.74, 6) is 2.03. The Morgan fingerprint density at radius 3 is 2.37 bits per heavy atom. The first kappa shape index (κ1) is 24.5. The second kappa shape index (κ2) is 7.79. The fourth-order valence-corrected chi connectivity index (χ4v) is 8.42. The Bertz CT molecular complexity index is 1450. The predicted octanol–water partition coefficient (Wildman–Crippen LogP) is 4.71. The molecule has 5 aliphatic rings. The van der Waals surface area contributed by atoms with Crippen LogP contribution in [-0.4, -0.2) is 53.2 Å². The number of benzene rings is 1. The Morgan fingerprint density at radius 1 is 1.11 bits per heavy atom. The van der Waals surface area contributed by atoms with Crippen LogP contribution in [0.5, 0.6) is 11.5 Å². The number of aromatic nitrogens is 1. The van der Waals surface area contributed by atoms with Gasteiger partial charge in [0.05, 0.1) is 17.1 Å². The first-order valence-corrected chi connectivity index (χ1v) is 14.2. The van der Waals surface area contributed by atoms with Crippen molar-refractivity contribution in [2.45, 2.75) is 77.2 Å². The number of halogens is 1. The van der Waals surface area contributed by atoms with Gasteiger partial charge in [0.15, 0.2) is 11.5 Å². The summed E-state index contributed by atoms with van der Waals surface area (Å²) in [6.07, 6.45) is 4.08. The quantitative estimate of drug-likeness (QED) is 0.611. The number of H-pyrrole nitrogens is 1. The number of pyridine rings is 1. The van der Waals surface area contributed by atoms with E-state index in [1.165, 1.54) is 0 Å². The highest BCUT2D eigenvalue weighted by atomic mass is 35.5. The third kappa shape index (κ3) is 3.30. The molecule has 7 rings (SSSR count). The van der Waals surface area contributed by atoms with Gasteiger partial charge in [-0.05, 0) is 89.6 Å². The van der Waals surface area contributed by atoms with Crippen LogP contribution in [0.2, 0.25) is 5.02 Å². The van der Waals surface area contributed by atoms with E-state index in [0.29, 0.717) is 52.1 Å². The van der Waals surface area contributed by atoms with Crippen LogP contribution in [0.1, 0.15) is 70.9 Å². The number of carbonyl (C=O) groups excluding carboxylic acids is 1. The molecule has 38 heavy (non-hydrogen) atoms. The molecule has 3 atom stereocenters. The summed E-state index contributed by atoms with van der Waals surface area (Å²) in [6, 6.07) is 2.62. The monoisotopic (exact) mass is 537 g/mol. The van der Waals surface area contributed by atoms with Crippen LogP contribution in [0.3, 0.4) is 0 Å². The molecule has 2 aliphatic heterocycles. The molecule has 0 bridgehead atoms. The molecule has 3 saturated carbocycles. The Balaban J connectivity index is 1.23. The Morgan fingerprint density at radius 2 is 1.76 bits per heavy atom. The highest BCUT2D eigenvalue weighted by Gasteiger charge is 2.63. The molecule has 0 saturated heterocycles. The molecule has 7 nitrogen and oxygen atoms in total. The number of hydrogen-bond acceptors (Lipinski definition) is 5. The zero-order valence-electron chi connectivity index (χ0n) is 23.0. The van der Waals surface area contributed by atoms with Crippen LogP contribution in [0.25, 0.3) is 0 Å². The summed E-state index contributed by atoms with van der Waals surface area (Å²) < 4.78 is 13.2. The molecule has 1 amide bonds. The van der Waals surface area contributed by atoms with Gasteiger partial charge in [-0.3, -0.25) is 9.59 Å². The normalized spacial score (nSPS) is 31.7. The zero-order valence-corrected chi connectivity index (χ0v) is 23.8. The zero-order chi connectivity index (χ0) is 26.9. The molecule has 8 heteroatoms. The van der Waals surface area contributed by atoms with Crippen molar-refractivity contribution in [3.63, 3.8) is 0 Å². The minimum atomic E-state index is -0.781. The number of aromatic amines is 1. The van der Waals surface area contributed by atoms with E-state index in [0.717, 1.165) is 48.1 Å². The van der Waals surface area contributed by atoms with Gasteiger partial charge in [0.1, 0.15) is 0 Å². The van der Waals surface area contributed by atoms with Crippen LogP contribution in [0.4, 0.5) is 0 Å². The van der Waals surface area contributed by atoms with Gasteiger partial charge in [-0.15, -0.1) is 0 Å². The van der Waals surface area contributed by atoms with Crippen molar-refractivity contribution in [3.8, 4) is 11.5 Å². The van der Waals surface area contributed by atoms with Crippen molar-refractivity contribution in [1.82, 2.24) is 14.8 Å². The lowest BCUT2D eigenvalue weighted by atomic mass is 9.83. The third-order valence-electron chi connectivity index (χ3n) is 10.2. The molecular formula is C30H36ClN3O4. The second-order valence-corrected chi connectivity index (χ2v) is 13.3. The first-order chi connectivity index (χ1) is 17.9. The van der Waals surface area contributed by atoms with Gasteiger partial charge >= 0.3 is 0 Å². The van der Waals surface area contributed by atoms with Crippen molar-refractivity contribution in [2.75, 3.05) is 20.6 Å². The molecule has 1 spiro atoms. The summed E-state index contributed by atoms with van der Waals surface area (Å²) in [5, 5.41) is 0.536. The summed E-state index contributed by atoms with van der Waals surface area (Å²) in [6.45, 7) is 8.63. The average Bonchev–Trinajstić information content (AvgIpc) is 3.66. The molecule has 2 aromatic rings. The number of ether oxygens (including phenoxy) is 2. The molecule has 1 N–H and O–H groups in total. The Kier molecular flexibility index (Phi) is 5.02. The number of amides is 1. The lowest BCUT2D eigenvalue weighted by molar-refractivity contribution is -0.113. The number of carbonyl (C=O) groups is 1. The molecule has 3 aliphatic carbocycles. The van der Waals surface area contributed by atoms with Gasteiger partial charge in [0.25, 0.3) is 17.3 Å².